The first-order valence-corrected chi connectivity index (χ1v) is 5.24. The Bertz CT molecular complexity index is 342. The van der Waals surface area contributed by atoms with Crippen molar-refractivity contribution in [2.75, 3.05) is 19.0 Å². The van der Waals surface area contributed by atoms with Crippen LogP contribution in [0.15, 0.2) is 29.3 Å². The number of nitrogens with two attached hydrogens (primary N) is 1. The second-order valence-corrected chi connectivity index (χ2v) is 3.74. The van der Waals surface area contributed by atoms with Crippen molar-refractivity contribution in [3.63, 3.8) is 0 Å². The van der Waals surface area contributed by atoms with E-state index in [1.807, 2.05) is 43.3 Å². The summed E-state index contributed by atoms with van der Waals surface area (Å²) in [6, 6.07) is 8.01. The molecule has 0 atom stereocenters. The summed E-state index contributed by atoms with van der Waals surface area (Å²) in [7, 11) is 4.01. The monoisotopic (exact) mass is 205 g/mol. The second kappa shape index (κ2) is 5.39. The van der Waals surface area contributed by atoms with Crippen molar-refractivity contribution in [1.29, 1.82) is 0 Å². The van der Waals surface area contributed by atoms with Crippen LogP contribution in [-0.2, 0) is 0 Å². The maximum atomic E-state index is 5.82. The molecule has 0 bridgehead atoms. The lowest BCUT2D eigenvalue weighted by atomic mass is 10.2. The number of benzene rings is 1. The van der Waals surface area contributed by atoms with Crippen LogP contribution in [0.2, 0.25) is 0 Å². The molecule has 82 valence electrons. The molecule has 0 radical (unpaired) electrons. The molecule has 0 saturated heterocycles. The van der Waals surface area contributed by atoms with Gasteiger partial charge in [-0.3, -0.25) is 0 Å². The minimum atomic E-state index is 0.701. The molecule has 3 heteroatoms. The molecule has 3 nitrogen and oxygen atoms in total. The average Bonchev–Trinajstić information content (AvgIpc) is 2.18. The Balaban J connectivity index is 2.98. The Labute approximate surface area is 91.6 Å². The van der Waals surface area contributed by atoms with Gasteiger partial charge in [-0.1, -0.05) is 19.1 Å². The molecule has 15 heavy (non-hydrogen) atoms. The smallest absolute Gasteiger partial charge is 0.0997 e. The van der Waals surface area contributed by atoms with Crippen molar-refractivity contribution < 1.29 is 0 Å². The van der Waals surface area contributed by atoms with Crippen LogP contribution < -0.4 is 10.6 Å². The number of nitrogens with zero attached hydrogens (tertiary/aromatic N) is 2. The second-order valence-electron chi connectivity index (χ2n) is 3.74. The Morgan fingerprint density at radius 2 is 2.00 bits per heavy atom. The Kier molecular flexibility index (Phi) is 4.16. The molecule has 0 aliphatic carbocycles. The van der Waals surface area contributed by atoms with E-state index in [0.29, 0.717) is 5.84 Å². The maximum Gasteiger partial charge on any atom is 0.0997 e. The van der Waals surface area contributed by atoms with Gasteiger partial charge < -0.3 is 10.6 Å². The number of anilines is 1. The lowest BCUT2D eigenvalue weighted by Crippen LogP contribution is -2.12. The van der Waals surface area contributed by atoms with Crippen LogP contribution in [0.4, 0.5) is 11.4 Å². The molecule has 2 N–H and O–H groups in total. The SMILES string of the molecule is CCCC(N)=Nc1ccccc1N(C)C. The van der Waals surface area contributed by atoms with Crippen molar-refractivity contribution in [3.05, 3.63) is 24.3 Å². The van der Waals surface area contributed by atoms with Gasteiger partial charge in [-0.2, -0.15) is 0 Å². The first-order chi connectivity index (χ1) is 7.15. The third-order valence-electron chi connectivity index (χ3n) is 2.13. The quantitative estimate of drug-likeness (QED) is 0.606. The number of rotatable bonds is 4. The minimum Gasteiger partial charge on any atom is -0.387 e. The van der Waals surface area contributed by atoms with E-state index < -0.39 is 0 Å². The summed E-state index contributed by atoms with van der Waals surface area (Å²) in [5, 5.41) is 0. The van der Waals surface area contributed by atoms with Gasteiger partial charge in [-0.05, 0) is 18.6 Å². The number of para-hydroxylation sites is 2. The van der Waals surface area contributed by atoms with E-state index in [2.05, 4.69) is 11.9 Å². The van der Waals surface area contributed by atoms with Gasteiger partial charge >= 0.3 is 0 Å². The zero-order chi connectivity index (χ0) is 11.3. The molecule has 1 rings (SSSR count). The van der Waals surface area contributed by atoms with E-state index in [9.17, 15) is 0 Å². The predicted molar refractivity (Wildman–Crippen MR) is 67.0 cm³/mol. The predicted octanol–water partition coefficient (Wildman–Crippen LogP) is 2.54. The molecule has 0 aliphatic rings. The number of hydrogen-bond donors (Lipinski definition) is 1. The zero-order valence-corrected chi connectivity index (χ0v) is 9.70. The van der Waals surface area contributed by atoms with E-state index in [4.69, 9.17) is 5.73 Å². The van der Waals surface area contributed by atoms with E-state index in [-0.39, 0.29) is 0 Å². The molecule has 0 heterocycles. The summed E-state index contributed by atoms with van der Waals surface area (Å²) in [5.74, 6) is 0.701. The van der Waals surface area contributed by atoms with Crippen molar-refractivity contribution in [2.45, 2.75) is 19.8 Å². The van der Waals surface area contributed by atoms with Crippen LogP contribution in [0.25, 0.3) is 0 Å². The molecule has 0 aliphatic heterocycles. The Morgan fingerprint density at radius 3 is 2.60 bits per heavy atom. The summed E-state index contributed by atoms with van der Waals surface area (Å²) >= 11 is 0. The largest absolute Gasteiger partial charge is 0.387 e. The third kappa shape index (κ3) is 3.27. The van der Waals surface area contributed by atoms with Crippen LogP contribution in [0.1, 0.15) is 19.8 Å². The highest BCUT2D eigenvalue weighted by atomic mass is 15.1. The molecule has 1 aromatic rings. The maximum absolute atomic E-state index is 5.82. The van der Waals surface area contributed by atoms with Crippen molar-refractivity contribution in [1.82, 2.24) is 0 Å². The molecule has 0 amide bonds. The molecule has 1 aromatic carbocycles. The highest BCUT2D eigenvalue weighted by Crippen LogP contribution is 2.26. The highest BCUT2D eigenvalue weighted by Gasteiger charge is 2.02. The first kappa shape index (κ1) is 11.6. The molecule has 0 unspecified atom stereocenters. The Morgan fingerprint density at radius 1 is 1.33 bits per heavy atom. The minimum absolute atomic E-state index is 0.701. The molecular weight excluding hydrogens is 186 g/mol. The van der Waals surface area contributed by atoms with Gasteiger partial charge in [0.2, 0.25) is 0 Å². The van der Waals surface area contributed by atoms with Gasteiger partial charge in [-0.25, -0.2) is 4.99 Å². The van der Waals surface area contributed by atoms with Gasteiger partial charge in [0.25, 0.3) is 0 Å². The summed E-state index contributed by atoms with van der Waals surface area (Å²) in [6.45, 7) is 2.10. The van der Waals surface area contributed by atoms with Crippen LogP contribution >= 0.6 is 0 Å². The van der Waals surface area contributed by atoms with Gasteiger partial charge in [0, 0.05) is 20.5 Å². The van der Waals surface area contributed by atoms with Crippen molar-refractivity contribution in [2.24, 2.45) is 10.7 Å². The highest BCUT2D eigenvalue weighted by molar-refractivity contribution is 5.85. The van der Waals surface area contributed by atoms with Crippen molar-refractivity contribution in [3.8, 4) is 0 Å². The fourth-order valence-electron chi connectivity index (χ4n) is 1.40. The molecule has 0 fully saturated rings. The zero-order valence-electron chi connectivity index (χ0n) is 9.70. The summed E-state index contributed by atoms with van der Waals surface area (Å²) in [4.78, 5) is 6.46. The van der Waals surface area contributed by atoms with Gasteiger partial charge in [-0.15, -0.1) is 0 Å². The standard InChI is InChI=1S/C12H19N3/c1-4-7-12(13)14-10-8-5-6-9-11(10)15(2)3/h5-6,8-9H,4,7H2,1-3H3,(H2,13,14). The number of hydrogen-bond acceptors (Lipinski definition) is 2. The third-order valence-corrected chi connectivity index (χ3v) is 2.13. The van der Waals surface area contributed by atoms with Crippen LogP contribution in [0, 0.1) is 0 Å². The summed E-state index contributed by atoms with van der Waals surface area (Å²) in [5.41, 5.74) is 7.85. The summed E-state index contributed by atoms with van der Waals surface area (Å²) < 4.78 is 0. The van der Waals surface area contributed by atoms with Crippen LogP contribution in [0.3, 0.4) is 0 Å². The number of aliphatic imine (C=N–C) groups is 1. The van der Waals surface area contributed by atoms with Gasteiger partial charge in [0.1, 0.15) is 0 Å². The average molecular weight is 205 g/mol. The van der Waals surface area contributed by atoms with Crippen LogP contribution in [0.5, 0.6) is 0 Å². The lowest BCUT2D eigenvalue weighted by molar-refractivity contribution is 0.982. The fourth-order valence-corrected chi connectivity index (χ4v) is 1.40. The molecule has 0 aromatic heterocycles. The van der Waals surface area contributed by atoms with Crippen LogP contribution in [-0.4, -0.2) is 19.9 Å². The van der Waals surface area contributed by atoms with E-state index in [0.717, 1.165) is 24.2 Å². The topological polar surface area (TPSA) is 41.6 Å². The van der Waals surface area contributed by atoms with Crippen molar-refractivity contribution >= 4 is 17.2 Å². The first-order valence-electron chi connectivity index (χ1n) is 5.24. The molecular formula is C12H19N3. The van der Waals surface area contributed by atoms with E-state index in [1.54, 1.807) is 0 Å². The Hall–Kier alpha value is -1.51. The number of amidine groups is 1. The van der Waals surface area contributed by atoms with E-state index >= 15 is 0 Å². The van der Waals surface area contributed by atoms with Gasteiger partial charge in [0.05, 0.1) is 17.2 Å². The van der Waals surface area contributed by atoms with E-state index in [1.165, 1.54) is 0 Å². The lowest BCUT2D eigenvalue weighted by Gasteiger charge is -2.14. The summed E-state index contributed by atoms with van der Waals surface area (Å²) in [6.07, 6.45) is 1.88. The fraction of sp³-hybridized carbons (Fsp3) is 0.417. The molecule has 0 saturated carbocycles. The molecule has 0 spiro atoms. The van der Waals surface area contributed by atoms with Gasteiger partial charge in [0.15, 0.2) is 0 Å². The normalized spacial score (nSPS) is 11.5.